The summed E-state index contributed by atoms with van der Waals surface area (Å²) in [5, 5.41) is 0. The Morgan fingerprint density at radius 2 is 2.27 bits per heavy atom. The molecule has 0 unspecified atom stereocenters. The molecule has 0 aromatic rings. The molecule has 1 aliphatic heterocycles. The zero-order valence-corrected chi connectivity index (χ0v) is 7.14. The van der Waals surface area contributed by atoms with Crippen LogP contribution in [-0.2, 0) is 9.53 Å². The van der Waals surface area contributed by atoms with Crippen LogP contribution in [0.2, 0.25) is 0 Å². The summed E-state index contributed by atoms with van der Waals surface area (Å²) in [5.41, 5.74) is 0. The van der Waals surface area contributed by atoms with E-state index >= 15 is 0 Å². The average Bonchev–Trinajstić information content (AvgIpc) is 2.02. The van der Waals surface area contributed by atoms with Gasteiger partial charge in [-0.15, -0.1) is 0 Å². The highest BCUT2D eigenvalue weighted by molar-refractivity contribution is 5.77. The SMILES string of the molecule is CCCCCC[C@H]1COC1=O. The van der Waals surface area contributed by atoms with E-state index in [0.717, 1.165) is 6.42 Å². The summed E-state index contributed by atoms with van der Waals surface area (Å²) < 4.78 is 4.66. The van der Waals surface area contributed by atoms with Crippen molar-refractivity contribution in [3.05, 3.63) is 0 Å². The van der Waals surface area contributed by atoms with Crippen LogP contribution < -0.4 is 0 Å². The maximum atomic E-state index is 10.7. The Morgan fingerprint density at radius 1 is 1.45 bits per heavy atom. The number of rotatable bonds is 5. The van der Waals surface area contributed by atoms with E-state index in [0.29, 0.717) is 6.61 Å². The van der Waals surface area contributed by atoms with Crippen LogP contribution in [0.3, 0.4) is 0 Å². The van der Waals surface area contributed by atoms with Crippen molar-refractivity contribution in [3.8, 4) is 0 Å². The number of unbranched alkanes of at least 4 members (excludes halogenated alkanes) is 3. The quantitative estimate of drug-likeness (QED) is 0.450. The second-order valence-corrected chi connectivity index (χ2v) is 3.18. The Balaban J connectivity index is 1.91. The van der Waals surface area contributed by atoms with Crippen molar-refractivity contribution in [3.63, 3.8) is 0 Å². The highest BCUT2D eigenvalue weighted by Gasteiger charge is 2.29. The molecule has 2 heteroatoms. The minimum Gasteiger partial charge on any atom is -0.464 e. The Labute approximate surface area is 67.9 Å². The molecule has 0 amide bonds. The van der Waals surface area contributed by atoms with Crippen LogP contribution in [0.15, 0.2) is 0 Å². The van der Waals surface area contributed by atoms with Crippen molar-refractivity contribution < 1.29 is 9.53 Å². The summed E-state index contributed by atoms with van der Waals surface area (Å²) >= 11 is 0. The molecular formula is C9H16O2. The molecule has 2 nitrogen and oxygen atoms in total. The molecule has 1 rings (SSSR count). The first-order chi connectivity index (χ1) is 5.34. The van der Waals surface area contributed by atoms with Gasteiger partial charge in [0.15, 0.2) is 0 Å². The van der Waals surface area contributed by atoms with Crippen LogP contribution in [0.1, 0.15) is 39.0 Å². The maximum absolute atomic E-state index is 10.7. The molecule has 0 aromatic heterocycles. The summed E-state index contributed by atoms with van der Waals surface area (Å²) in [7, 11) is 0. The number of esters is 1. The smallest absolute Gasteiger partial charge is 0.312 e. The molecule has 11 heavy (non-hydrogen) atoms. The van der Waals surface area contributed by atoms with E-state index in [1.54, 1.807) is 0 Å². The Morgan fingerprint density at radius 3 is 2.73 bits per heavy atom. The van der Waals surface area contributed by atoms with Gasteiger partial charge in [0, 0.05) is 0 Å². The van der Waals surface area contributed by atoms with E-state index in [1.807, 2.05) is 0 Å². The predicted molar refractivity (Wildman–Crippen MR) is 43.2 cm³/mol. The van der Waals surface area contributed by atoms with E-state index in [-0.39, 0.29) is 11.9 Å². The third-order valence-electron chi connectivity index (χ3n) is 2.17. The molecule has 1 aliphatic rings. The number of cyclic esters (lactones) is 1. The summed E-state index contributed by atoms with van der Waals surface area (Å²) in [6.07, 6.45) is 6.05. The molecule has 1 fully saturated rings. The van der Waals surface area contributed by atoms with Crippen molar-refractivity contribution in [2.24, 2.45) is 5.92 Å². The van der Waals surface area contributed by atoms with Gasteiger partial charge in [-0.2, -0.15) is 0 Å². The van der Waals surface area contributed by atoms with E-state index < -0.39 is 0 Å². The average molecular weight is 156 g/mol. The highest BCUT2D eigenvalue weighted by Crippen LogP contribution is 2.19. The van der Waals surface area contributed by atoms with Crippen molar-refractivity contribution >= 4 is 5.97 Å². The number of hydrogen-bond acceptors (Lipinski definition) is 2. The van der Waals surface area contributed by atoms with Gasteiger partial charge in [-0.1, -0.05) is 32.6 Å². The van der Waals surface area contributed by atoms with Crippen LogP contribution in [0.25, 0.3) is 0 Å². The van der Waals surface area contributed by atoms with Gasteiger partial charge in [0.25, 0.3) is 0 Å². The van der Waals surface area contributed by atoms with Crippen molar-refractivity contribution in [2.45, 2.75) is 39.0 Å². The number of carbonyl (C=O) groups excluding carboxylic acids is 1. The molecule has 1 atom stereocenters. The van der Waals surface area contributed by atoms with Crippen LogP contribution in [0, 0.1) is 5.92 Å². The molecule has 0 spiro atoms. The Bertz CT molecular complexity index is 132. The fourth-order valence-electron chi connectivity index (χ4n) is 1.29. The minimum absolute atomic E-state index is 0.0153. The monoisotopic (exact) mass is 156 g/mol. The zero-order valence-electron chi connectivity index (χ0n) is 7.14. The molecular weight excluding hydrogens is 140 g/mol. The molecule has 64 valence electrons. The van der Waals surface area contributed by atoms with E-state index in [1.165, 1.54) is 25.7 Å². The van der Waals surface area contributed by atoms with Crippen molar-refractivity contribution in [1.29, 1.82) is 0 Å². The molecule has 0 radical (unpaired) electrons. The van der Waals surface area contributed by atoms with Gasteiger partial charge in [-0.3, -0.25) is 4.79 Å². The summed E-state index contributed by atoms with van der Waals surface area (Å²) in [6, 6.07) is 0. The first kappa shape index (κ1) is 8.57. The van der Waals surface area contributed by atoms with Gasteiger partial charge in [0.1, 0.15) is 6.61 Å². The topological polar surface area (TPSA) is 26.3 Å². The number of hydrogen-bond donors (Lipinski definition) is 0. The summed E-state index contributed by atoms with van der Waals surface area (Å²) in [4.78, 5) is 10.7. The van der Waals surface area contributed by atoms with Crippen LogP contribution in [0.4, 0.5) is 0 Å². The fourth-order valence-corrected chi connectivity index (χ4v) is 1.29. The molecule has 0 aliphatic carbocycles. The second-order valence-electron chi connectivity index (χ2n) is 3.18. The Hall–Kier alpha value is -0.530. The second kappa shape index (κ2) is 4.37. The van der Waals surface area contributed by atoms with Crippen molar-refractivity contribution in [2.75, 3.05) is 6.61 Å². The van der Waals surface area contributed by atoms with Crippen LogP contribution in [-0.4, -0.2) is 12.6 Å². The van der Waals surface area contributed by atoms with E-state index in [9.17, 15) is 4.79 Å². The van der Waals surface area contributed by atoms with Gasteiger partial charge < -0.3 is 4.74 Å². The zero-order chi connectivity index (χ0) is 8.10. The largest absolute Gasteiger partial charge is 0.464 e. The first-order valence-electron chi connectivity index (χ1n) is 4.51. The number of ether oxygens (including phenoxy) is 1. The van der Waals surface area contributed by atoms with Gasteiger partial charge in [0.05, 0.1) is 5.92 Å². The van der Waals surface area contributed by atoms with Crippen LogP contribution in [0.5, 0.6) is 0 Å². The van der Waals surface area contributed by atoms with E-state index in [2.05, 4.69) is 11.7 Å². The number of carbonyl (C=O) groups is 1. The fraction of sp³-hybridized carbons (Fsp3) is 0.889. The third-order valence-corrected chi connectivity index (χ3v) is 2.17. The highest BCUT2D eigenvalue weighted by atomic mass is 16.6. The standard InChI is InChI=1S/C9H16O2/c1-2-3-4-5-6-8-7-11-9(8)10/h8H,2-7H2,1H3/t8-/m0/s1. The maximum Gasteiger partial charge on any atom is 0.312 e. The first-order valence-corrected chi connectivity index (χ1v) is 4.51. The van der Waals surface area contributed by atoms with Crippen LogP contribution >= 0.6 is 0 Å². The van der Waals surface area contributed by atoms with Gasteiger partial charge in [0.2, 0.25) is 0 Å². The molecule has 0 saturated carbocycles. The summed E-state index contributed by atoms with van der Waals surface area (Å²) in [5.74, 6) is 0.258. The summed E-state index contributed by atoms with van der Waals surface area (Å²) in [6.45, 7) is 2.86. The third kappa shape index (κ3) is 2.52. The van der Waals surface area contributed by atoms with Gasteiger partial charge in [-0.25, -0.2) is 0 Å². The van der Waals surface area contributed by atoms with Gasteiger partial charge in [-0.05, 0) is 6.42 Å². The Kier molecular flexibility index (Phi) is 3.40. The molecule has 0 aromatic carbocycles. The van der Waals surface area contributed by atoms with Crippen molar-refractivity contribution in [1.82, 2.24) is 0 Å². The normalized spacial score (nSPS) is 22.6. The lowest BCUT2D eigenvalue weighted by atomic mass is 9.99. The molecule has 0 N–H and O–H groups in total. The lowest BCUT2D eigenvalue weighted by molar-refractivity contribution is -0.169. The molecule has 0 bridgehead atoms. The molecule has 1 heterocycles. The van der Waals surface area contributed by atoms with Gasteiger partial charge >= 0.3 is 5.97 Å². The predicted octanol–water partition coefficient (Wildman–Crippen LogP) is 2.13. The molecule has 1 saturated heterocycles. The van der Waals surface area contributed by atoms with E-state index in [4.69, 9.17) is 0 Å². The minimum atomic E-state index is 0.0153. The lowest BCUT2D eigenvalue weighted by Crippen LogP contribution is -2.34. The lowest BCUT2D eigenvalue weighted by Gasteiger charge is -2.23.